The summed E-state index contributed by atoms with van der Waals surface area (Å²) in [6.07, 6.45) is 0. The second-order valence-electron chi connectivity index (χ2n) is 4.24. The van der Waals surface area contributed by atoms with Gasteiger partial charge in [-0.3, -0.25) is 14.4 Å². The minimum absolute atomic E-state index is 0.258. The predicted molar refractivity (Wildman–Crippen MR) is 66.8 cm³/mol. The van der Waals surface area contributed by atoms with Gasteiger partial charge in [0.05, 0.1) is 5.92 Å². The van der Waals surface area contributed by atoms with E-state index >= 15 is 0 Å². The molecule has 6 nitrogen and oxygen atoms in total. The molecule has 0 aliphatic heterocycles. The Morgan fingerprint density at radius 1 is 1.11 bits per heavy atom. The van der Waals surface area contributed by atoms with Crippen molar-refractivity contribution in [3.05, 3.63) is 12.2 Å². The van der Waals surface area contributed by atoms with Crippen LogP contribution in [0, 0.1) is 11.8 Å². The molecule has 102 valence electrons. The highest BCUT2D eigenvalue weighted by Crippen LogP contribution is 2.10. The molecule has 0 spiro atoms. The molecule has 18 heavy (non-hydrogen) atoms. The number of rotatable bonds is 7. The Kier molecular flexibility index (Phi) is 6.70. The second-order valence-corrected chi connectivity index (χ2v) is 4.24. The number of nitrogens with one attached hydrogen (secondary N) is 2. The van der Waals surface area contributed by atoms with Gasteiger partial charge in [0.25, 0.3) is 0 Å². The Hall–Kier alpha value is -1.85. The smallest absolute Gasteiger partial charge is 0.307 e. The minimum atomic E-state index is -1.01. The third-order valence-electron chi connectivity index (χ3n) is 2.65. The van der Waals surface area contributed by atoms with E-state index in [9.17, 15) is 14.4 Å². The molecule has 0 bridgehead atoms. The molecule has 2 unspecified atom stereocenters. The van der Waals surface area contributed by atoms with Crippen molar-refractivity contribution in [1.82, 2.24) is 10.6 Å². The van der Waals surface area contributed by atoms with Crippen molar-refractivity contribution in [3.8, 4) is 0 Å². The van der Waals surface area contributed by atoms with E-state index in [2.05, 4.69) is 17.2 Å². The molecule has 0 fully saturated rings. The number of amides is 2. The first-order valence-electron chi connectivity index (χ1n) is 5.71. The van der Waals surface area contributed by atoms with E-state index in [-0.39, 0.29) is 24.9 Å². The van der Waals surface area contributed by atoms with Crippen LogP contribution in [0.4, 0.5) is 0 Å². The molecule has 0 heterocycles. The topological polar surface area (TPSA) is 95.5 Å². The van der Waals surface area contributed by atoms with Crippen molar-refractivity contribution in [2.24, 2.45) is 11.8 Å². The summed E-state index contributed by atoms with van der Waals surface area (Å²) in [6, 6.07) is 0. The minimum Gasteiger partial charge on any atom is -0.481 e. The Bertz CT molecular complexity index is 352. The van der Waals surface area contributed by atoms with Crippen molar-refractivity contribution >= 4 is 17.8 Å². The van der Waals surface area contributed by atoms with Crippen LogP contribution in [0.5, 0.6) is 0 Å². The van der Waals surface area contributed by atoms with Crippen molar-refractivity contribution in [3.63, 3.8) is 0 Å². The summed E-state index contributed by atoms with van der Waals surface area (Å²) < 4.78 is 0. The van der Waals surface area contributed by atoms with Gasteiger partial charge in [-0.05, 0) is 6.92 Å². The fourth-order valence-electron chi connectivity index (χ4n) is 1.11. The fourth-order valence-corrected chi connectivity index (χ4v) is 1.11. The van der Waals surface area contributed by atoms with E-state index in [4.69, 9.17) is 5.11 Å². The number of carbonyl (C=O) groups excluding carboxylic acids is 2. The number of carbonyl (C=O) groups is 3. The molecule has 6 heteroatoms. The van der Waals surface area contributed by atoms with Crippen molar-refractivity contribution < 1.29 is 19.5 Å². The van der Waals surface area contributed by atoms with Crippen LogP contribution in [0.25, 0.3) is 0 Å². The number of aliphatic carboxylic acids is 1. The van der Waals surface area contributed by atoms with E-state index in [1.807, 2.05) is 0 Å². The molecule has 0 aromatic heterocycles. The van der Waals surface area contributed by atoms with E-state index in [0.29, 0.717) is 5.57 Å². The molecule has 2 atom stereocenters. The quantitative estimate of drug-likeness (QED) is 0.446. The average molecular weight is 256 g/mol. The average Bonchev–Trinajstić information content (AvgIpc) is 2.31. The zero-order chi connectivity index (χ0) is 14.3. The molecule has 3 N–H and O–H groups in total. The molecule has 0 aliphatic carbocycles. The van der Waals surface area contributed by atoms with E-state index in [1.54, 1.807) is 13.8 Å². The highest BCUT2D eigenvalue weighted by Gasteiger charge is 2.25. The largest absolute Gasteiger partial charge is 0.481 e. The third-order valence-corrected chi connectivity index (χ3v) is 2.65. The fraction of sp³-hybridized carbons (Fsp3) is 0.583. The van der Waals surface area contributed by atoms with Crippen LogP contribution < -0.4 is 10.6 Å². The Labute approximate surface area is 106 Å². The van der Waals surface area contributed by atoms with Gasteiger partial charge < -0.3 is 15.7 Å². The summed E-state index contributed by atoms with van der Waals surface area (Å²) in [7, 11) is 0. The monoisotopic (exact) mass is 256 g/mol. The van der Waals surface area contributed by atoms with Gasteiger partial charge in [-0.15, -0.1) is 0 Å². The van der Waals surface area contributed by atoms with Gasteiger partial charge in [-0.1, -0.05) is 20.4 Å². The first kappa shape index (κ1) is 16.1. The summed E-state index contributed by atoms with van der Waals surface area (Å²) >= 11 is 0. The van der Waals surface area contributed by atoms with Crippen LogP contribution in [0.1, 0.15) is 20.8 Å². The van der Waals surface area contributed by atoms with Gasteiger partial charge in [0.15, 0.2) is 0 Å². The van der Waals surface area contributed by atoms with Crippen molar-refractivity contribution in [2.45, 2.75) is 20.8 Å². The van der Waals surface area contributed by atoms with E-state index in [0.717, 1.165) is 0 Å². The van der Waals surface area contributed by atoms with Gasteiger partial charge in [0.1, 0.15) is 0 Å². The molecule has 0 rings (SSSR count). The highest BCUT2D eigenvalue weighted by atomic mass is 16.4. The lowest BCUT2D eigenvalue weighted by atomic mass is 9.95. The highest BCUT2D eigenvalue weighted by molar-refractivity contribution is 5.92. The zero-order valence-electron chi connectivity index (χ0n) is 10.9. The Morgan fingerprint density at radius 2 is 1.61 bits per heavy atom. The van der Waals surface area contributed by atoms with Gasteiger partial charge >= 0.3 is 5.97 Å². The lowest BCUT2D eigenvalue weighted by molar-refractivity contribution is -0.146. The maximum absolute atomic E-state index is 11.6. The second kappa shape index (κ2) is 7.47. The summed E-state index contributed by atoms with van der Waals surface area (Å²) in [4.78, 5) is 33.4. The van der Waals surface area contributed by atoms with Crippen LogP contribution >= 0.6 is 0 Å². The molecular weight excluding hydrogens is 236 g/mol. The first-order valence-corrected chi connectivity index (χ1v) is 5.71. The van der Waals surface area contributed by atoms with Gasteiger partial charge in [0.2, 0.25) is 11.8 Å². The summed E-state index contributed by atoms with van der Waals surface area (Å²) in [5, 5.41) is 13.9. The SMILES string of the molecule is C=C(C)C(=O)NCCNC(=O)C(C)C(C)C(=O)O. The molecular formula is C12H20N2O4. The Morgan fingerprint density at radius 3 is 2.06 bits per heavy atom. The maximum atomic E-state index is 11.6. The summed E-state index contributed by atoms with van der Waals surface area (Å²) in [5.74, 6) is -2.96. The van der Waals surface area contributed by atoms with Crippen LogP contribution in [0.15, 0.2) is 12.2 Å². The Balaban J connectivity index is 3.94. The molecule has 0 aromatic carbocycles. The number of hydrogen-bond acceptors (Lipinski definition) is 3. The van der Waals surface area contributed by atoms with Crippen molar-refractivity contribution in [2.75, 3.05) is 13.1 Å². The number of carboxylic acid groups (broad SMARTS) is 1. The molecule has 0 saturated carbocycles. The van der Waals surface area contributed by atoms with Crippen molar-refractivity contribution in [1.29, 1.82) is 0 Å². The van der Waals surface area contributed by atoms with Crippen LogP contribution in [0.3, 0.4) is 0 Å². The number of hydrogen-bond donors (Lipinski definition) is 3. The van der Waals surface area contributed by atoms with Crippen LogP contribution in [-0.4, -0.2) is 36.0 Å². The van der Waals surface area contributed by atoms with Gasteiger partial charge in [-0.25, -0.2) is 0 Å². The van der Waals surface area contributed by atoms with Gasteiger partial charge in [-0.2, -0.15) is 0 Å². The summed E-state index contributed by atoms with van der Waals surface area (Å²) in [6.45, 7) is 8.64. The molecule has 0 saturated heterocycles. The molecule has 2 amide bonds. The van der Waals surface area contributed by atoms with Crippen LogP contribution in [-0.2, 0) is 14.4 Å². The molecule has 0 radical (unpaired) electrons. The lowest BCUT2D eigenvalue weighted by Crippen LogP contribution is -2.39. The number of carboxylic acids is 1. The van der Waals surface area contributed by atoms with E-state index in [1.165, 1.54) is 6.92 Å². The molecule has 0 aromatic rings. The first-order chi connectivity index (χ1) is 8.27. The predicted octanol–water partition coefficient (Wildman–Crippen LogP) is 0.152. The molecule has 0 aliphatic rings. The standard InChI is InChI=1S/C12H20N2O4/c1-7(2)10(15)13-5-6-14-11(16)8(3)9(4)12(17)18/h8-9H,1,5-6H2,2-4H3,(H,13,15)(H,14,16)(H,17,18). The lowest BCUT2D eigenvalue weighted by Gasteiger charge is -2.15. The van der Waals surface area contributed by atoms with Gasteiger partial charge in [0, 0.05) is 24.6 Å². The zero-order valence-corrected chi connectivity index (χ0v) is 10.9. The van der Waals surface area contributed by atoms with E-state index < -0.39 is 17.8 Å². The van der Waals surface area contributed by atoms with Crippen LogP contribution in [0.2, 0.25) is 0 Å². The normalized spacial score (nSPS) is 13.3. The summed E-state index contributed by atoms with van der Waals surface area (Å²) in [5.41, 5.74) is 0.397. The third kappa shape index (κ3) is 5.47. The maximum Gasteiger partial charge on any atom is 0.307 e.